The molecule has 1 atom stereocenters. The number of nitrogens with one attached hydrogen (secondary N) is 1. The van der Waals surface area contributed by atoms with E-state index in [1.165, 1.54) is 6.20 Å². The summed E-state index contributed by atoms with van der Waals surface area (Å²) in [5.41, 5.74) is 5.71. The number of nitrogens with zero attached hydrogens (tertiary/aromatic N) is 2. The highest BCUT2D eigenvalue weighted by atomic mass is 19.1. The highest BCUT2D eigenvalue weighted by molar-refractivity contribution is 6.03. The van der Waals surface area contributed by atoms with Crippen LogP contribution in [0.5, 0.6) is 5.75 Å². The summed E-state index contributed by atoms with van der Waals surface area (Å²) in [6.45, 7) is 4.58. The van der Waals surface area contributed by atoms with Crippen molar-refractivity contribution in [3.05, 3.63) is 57.9 Å². The Labute approximate surface area is 183 Å². The number of hydrogen-bond acceptors (Lipinski definition) is 6. The lowest BCUT2D eigenvalue weighted by Gasteiger charge is -2.33. The molecule has 0 radical (unpaired) electrons. The van der Waals surface area contributed by atoms with E-state index in [-0.39, 0.29) is 41.1 Å². The molecule has 0 amide bonds. The van der Waals surface area contributed by atoms with E-state index in [0.717, 1.165) is 5.69 Å². The molecule has 4 N–H and O–H groups in total. The first-order valence-electron chi connectivity index (χ1n) is 10.5. The number of rotatable bonds is 7. The minimum Gasteiger partial charge on any atom is -0.487 e. The monoisotopic (exact) mass is 440 g/mol. The molecule has 1 aliphatic rings. The van der Waals surface area contributed by atoms with Crippen LogP contribution in [0.1, 0.15) is 42.4 Å². The second-order valence-corrected chi connectivity index (χ2v) is 8.21. The van der Waals surface area contributed by atoms with Gasteiger partial charge in [-0.05, 0) is 30.9 Å². The normalized spacial score (nSPS) is 15.1. The van der Waals surface area contributed by atoms with Gasteiger partial charge in [0, 0.05) is 24.6 Å². The minimum atomic E-state index is -1.38. The van der Waals surface area contributed by atoms with Gasteiger partial charge < -0.3 is 25.5 Å². The van der Waals surface area contributed by atoms with Gasteiger partial charge in [0.2, 0.25) is 5.43 Å². The lowest BCUT2D eigenvalue weighted by molar-refractivity contribution is 0.0693. The van der Waals surface area contributed by atoms with Gasteiger partial charge in [0.25, 0.3) is 0 Å². The lowest BCUT2D eigenvalue weighted by atomic mass is 9.99. The second-order valence-electron chi connectivity index (χ2n) is 8.21. The molecule has 3 aromatic rings. The predicted molar refractivity (Wildman–Crippen MR) is 120 cm³/mol. The third kappa shape index (κ3) is 3.63. The van der Waals surface area contributed by atoms with Crippen molar-refractivity contribution < 1.29 is 19.0 Å². The number of anilines is 2. The molecule has 168 valence electrons. The largest absolute Gasteiger partial charge is 0.487 e. The molecule has 2 aromatic heterocycles. The molecule has 1 aliphatic heterocycles. The Morgan fingerprint density at radius 1 is 1.44 bits per heavy atom. The van der Waals surface area contributed by atoms with Crippen LogP contribution in [0.3, 0.4) is 0 Å². The Morgan fingerprint density at radius 3 is 2.88 bits per heavy atom. The van der Waals surface area contributed by atoms with Gasteiger partial charge in [0.15, 0.2) is 11.6 Å². The second kappa shape index (κ2) is 8.49. The van der Waals surface area contributed by atoms with Crippen LogP contribution in [-0.4, -0.2) is 33.8 Å². The van der Waals surface area contributed by atoms with Gasteiger partial charge in [-0.25, -0.2) is 9.18 Å². The summed E-state index contributed by atoms with van der Waals surface area (Å²) in [7, 11) is 0. The Morgan fingerprint density at radius 2 is 2.22 bits per heavy atom. The summed E-state index contributed by atoms with van der Waals surface area (Å²) in [5, 5.41) is 12.4. The number of pyridine rings is 2. The van der Waals surface area contributed by atoms with Crippen molar-refractivity contribution in [1.29, 1.82) is 0 Å². The van der Waals surface area contributed by atoms with E-state index >= 15 is 4.39 Å². The van der Waals surface area contributed by atoms with Crippen LogP contribution in [0, 0.1) is 11.7 Å². The van der Waals surface area contributed by atoms with Crippen molar-refractivity contribution >= 4 is 28.2 Å². The number of aromatic nitrogens is 2. The van der Waals surface area contributed by atoms with Crippen LogP contribution in [0.15, 0.2) is 35.4 Å². The van der Waals surface area contributed by atoms with Crippen molar-refractivity contribution in [2.45, 2.75) is 32.7 Å². The molecule has 9 heteroatoms. The van der Waals surface area contributed by atoms with E-state index < -0.39 is 22.8 Å². The zero-order chi connectivity index (χ0) is 23.0. The average Bonchev–Trinajstić information content (AvgIpc) is 2.77. The number of nitrogens with two attached hydrogens (primary N) is 1. The van der Waals surface area contributed by atoms with Crippen LogP contribution in [0.4, 0.5) is 15.8 Å². The van der Waals surface area contributed by atoms with Gasteiger partial charge in [0.1, 0.15) is 17.9 Å². The average molecular weight is 440 g/mol. The zero-order valence-corrected chi connectivity index (χ0v) is 17.9. The zero-order valence-electron chi connectivity index (χ0n) is 17.9. The van der Waals surface area contributed by atoms with Crippen LogP contribution < -0.4 is 21.2 Å². The number of nitrogen functional groups attached to an aromatic ring is 1. The van der Waals surface area contributed by atoms with E-state index in [9.17, 15) is 14.7 Å². The number of carbonyl (C=O) groups is 1. The van der Waals surface area contributed by atoms with Gasteiger partial charge >= 0.3 is 5.97 Å². The van der Waals surface area contributed by atoms with Crippen molar-refractivity contribution in [3.63, 3.8) is 0 Å². The number of hydrogen-bond donors (Lipinski definition) is 3. The Bertz CT molecular complexity index is 1240. The van der Waals surface area contributed by atoms with E-state index in [2.05, 4.69) is 10.3 Å². The molecule has 0 saturated carbocycles. The van der Waals surface area contributed by atoms with Crippen LogP contribution in [0.25, 0.3) is 10.9 Å². The van der Waals surface area contributed by atoms with Gasteiger partial charge in [-0.3, -0.25) is 9.78 Å². The number of aromatic carboxylic acids is 1. The Kier molecular flexibility index (Phi) is 5.73. The molecule has 0 bridgehead atoms. The molecule has 0 unspecified atom stereocenters. The molecular formula is C23H25FN4O4. The Hall–Kier alpha value is -3.62. The van der Waals surface area contributed by atoms with Crippen molar-refractivity contribution in [2.75, 3.05) is 24.2 Å². The molecule has 0 saturated heterocycles. The number of halogens is 1. The predicted octanol–water partition coefficient (Wildman–Crippen LogP) is 3.45. The highest BCUT2D eigenvalue weighted by Gasteiger charge is 2.32. The summed E-state index contributed by atoms with van der Waals surface area (Å²) in [5.74, 6) is -1.95. The van der Waals surface area contributed by atoms with Gasteiger partial charge in [0.05, 0.1) is 22.6 Å². The highest BCUT2D eigenvalue weighted by Crippen LogP contribution is 2.44. The van der Waals surface area contributed by atoms with Gasteiger partial charge in [-0.2, -0.15) is 0 Å². The van der Waals surface area contributed by atoms with Crippen LogP contribution >= 0.6 is 0 Å². The molecular weight excluding hydrogens is 415 g/mol. The van der Waals surface area contributed by atoms with Gasteiger partial charge in [-0.1, -0.05) is 19.9 Å². The number of carboxylic acids is 1. The van der Waals surface area contributed by atoms with Gasteiger partial charge in [-0.15, -0.1) is 0 Å². The van der Waals surface area contributed by atoms with E-state index in [1.54, 1.807) is 10.8 Å². The van der Waals surface area contributed by atoms with E-state index in [1.807, 2.05) is 32.0 Å². The number of aryl methyl sites for hydroxylation is 1. The Balaban J connectivity index is 1.79. The fourth-order valence-electron chi connectivity index (χ4n) is 4.08. The lowest BCUT2D eigenvalue weighted by Crippen LogP contribution is -2.31. The summed E-state index contributed by atoms with van der Waals surface area (Å²) >= 11 is 0. The molecule has 3 heterocycles. The summed E-state index contributed by atoms with van der Waals surface area (Å²) in [4.78, 5) is 28.8. The fraction of sp³-hybridized carbons (Fsp3) is 0.348. The van der Waals surface area contributed by atoms with E-state index in [0.29, 0.717) is 24.9 Å². The fourth-order valence-corrected chi connectivity index (χ4v) is 4.08. The van der Waals surface area contributed by atoms with Crippen molar-refractivity contribution in [3.8, 4) is 5.75 Å². The molecule has 32 heavy (non-hydrogen) atoms. The quantitative estimate of drug-likeness (QED) is 0.380. The van der Waals surface area contributed by atoms with Crippen LogP contribution in [0.2, 0.25) is 0 Å². The molecule has 0 fully saturated rings. The SMILES string of the molecule is CC(C)[C@@H]1COc2c(NCCCc3ccccn3)c(F)c(N)c3c(=O)c(C(=O)O)cn1c23. The molecule has 0 spiro atoms. The maximum absolute atomic E-state index is 15.3. The van der Waals surface area contributed by atoms with E-state index in [4.69, 9.17) is 10.5 Å². The maximum atomic E-state index is 15.3. The summed E-state index contributed by atoms with van der Waals surface area (Å²) in [6.07, 6.45) is 4.43. The summed E-state index contributed by atoms with van der Waals surface area (Å²) in [6, 6.07) is 5.45. The molecule has 4 rings (SSSR count). The first kappa shape index (κ1) is 21.6. The number of carboxylic acid groups (broad SMARTS) is 1. The smallest absolute Gasteiger partial charge is 0.341 e. The van der Waals surface area contributed by atoms with Crippen molar-refractivity contribution in [1.82, 2.24) is 9.55 Å². The minimum absolute atomic E-state index is 0.0782. The third-order valence-corrected chi connectivity index (χ3v) is 5.80. The first-order valence-corrected chi connectivity index (χ1v) is 10.5. The number of ether oxygens (including phenoxy) is 1. The van der Waals surface area contributed by atoms with Crippen molar-refractivity contribution in [2.24, 2.45) is 5.92 Å². The third-order valence-electron chi connectivity index (χ3n) is 5.80. The molecule has 1 aromatic carbocycles. The van der Waals surface area contributed by atoms with Crippen LogP contribution in [-0.2, 0) is 6.42 Å². The summed E-state index contributed by atoms with van der Waals surface area (Å²) < 4.78 is 22.9. The number of benzene rings is 1. The molecule has 8 nitrogen and oxygen atoms in total. The molecule has 0 aliphatic carbocycles. The topological polar surface area (TPSA) is 119 Å². The maximum Gasteiger partial charge on any atom is 0.341 e. The first-order chi connectivity index (χ1) is 15.3. The standard InChI is InChI=1S/C23H25FN4O4/c1-12(2)15-11-32-22-19(27-9-5-7-13-6-3-4-8-26-13)17(24)18(25)16-20(22)28(15)10-14(21(16)29)23(30)31/h3-4,6,8,10,12,15,27H,5,7,9,11,25H2,1-2H3,(H,30,31)/t15-/m0/s1.